The van der Waals surface area contributed by atoms with Crippen LogP contribution in [0.15, 0.2) is 23.6 Å². The van der Waals surface area contributed by atoms with Gasteiger partial charge in [0.1, 0.15) is 6.10 Å². The summed E-state index contributed by atoms with van der Waals surface area (Å²) in [4.78, 5) is 8.32. The molecule has 0 bridgehead atoms. The van der Waals surface area contributed by atoms with Gasteiger partial charge in [-0.1, -0.05) is 12.5 Å². The molecular weight excluding hydrogens is 376 g/mol. The van der Waals surface area contributed by atoms with Gasteiger partial charge < -0.3 is 14.7 Å². The van der Waals surface area contributed by atoms with E-state index in [1.807, 2.05) is 5.06 Å². The summed E-state index contributed by atoms with van der Waals surface area (Å²) in [5.74, 6) is 2.19. The average Bonchev–Trinajstić information content (AvgIpc) is 2.99. The van der Waals surface area contributed by atoms with Gasteiger partial charge in [0.2, 0.25) is 0 Å². The van der Waals surface area contributed by atoms with Crippen LogP contribution in [0.4, 0.5) is 0 Å². The van der Waals surface area contributed by atoms with E-state index < -0.39 is 0 Å². The first-order valence-electron chi connectivity index (χ1n) is 12.4. The molecule has 1 saturated carbocycles. The molecule has 3 unspecified atom stereocenters. The molecule has 3 heterocycles. The summed E-state index contributed by atoms with van der Waals surface area (Å²) in [6.45, 7) is 5.84. The van der Waals surface area contributed by atoms with Crippen LogP contribution in [0.5, 0.6) is 0 Å². The Balaban J connectivity index is 1.33. The molecule has 1 N–H and O–H groups in total. The predicted octanol–water partition coefficient (Wildman–Crippen LogP) is 4.24. The van der Waals surface area contributed by atoms with Gasteiger partial charge in [-0.2, -0.15) is 0 Å². The molecule has 2 aliphatic carbocycles. The lowest BCUT2D eigenvalue weighted by Crippen LogP contribution is -2.41. The van der Waals surface area contributed by atoms with Crippen LogP contribution in [0.3, 0.4) is 0 Å². The van der Waals surface area contributed by atoms with Gasteiger partial charge in [0, 0.05) is 24.6 Å². The van der Waals surface area contributed by atoms with Crippen LogP contribution in [-0.4, -0.2) is 60.1 Å². The third-order valence-electron chi connectivity index (χ3n) is 8.69. The minimum atomic E-state index is -0.288. The second-order valence-electron chi connectivity index (χ2n) is 10.5. The van der Waals surface area contributed by atoms with Crippen molar-refractivity contribution in [3.8, 4) is 0 Å². The molecule has 6 atom stereocenters. The van der Waals surface area contributed by atoms with E-state index in [1.165, 1.54) is 63.6 Å². The number of hydrogen-bond donors (Lipinski definition) is 1. The highest BCUT2D eigenvalue weighted by atomic mass is 16.7. The summed E-state index contributed by atoms with van der Waals surface area (Å²) < 4.78 is 6.54. The first-order chi connectivity index (χ1) is 14.6. The van der Waals surface area contributed by atoms with Crippen LogP contribution in [0, 0.1) is 17.3 Å². The summed E-state index contributed by atoms with van der Waals surface area (Å²) in [7, 11) is 1.75. The largest absolute Gasteiger partial charge is 0.493 e. The van der Waals surface area contributed by atoms with Crippen LogP contribution in [0.2, 0.25) is 0 Å². The first kappa shape index (κ1) is 20.8. The fourth-order valence-corrected chi connectivity index (χ4v) is 7.13. The van der Waals surface area contributed by atoms with Crippen molar-refractivity contribution < 1.29 is 14.7 Å². The number of nitrogens with zero attached hydrogens (tertiary/aromatic N) is 2. The second kappa shape index (κ2) is 8.48. The fourth-order valence-electron chi connectivity index (χ4n) is 7.13. The molecule has 0 amide bonds. The van der Waals surface area contributed by atoms with Gasteiger partial charge in [-0.3, -0.25) is 9.90 Å². The number of rotatable bonds is 5. The van der Waals surface area contributed by atoms with E-state index >= 15 is 0 Å². The monoisotopic (exact) mass is 416 g/mol. The Morgan fingerprint density at radius 2 is 2.10 bits per heavy atom. The van der Waals surface area contributed by atoms with Crippen molar-refractivity contribution in [2.45, 2.75) is 89.4 Å². The Kier molecular flexibility index (Phi) is 5.89. The van der Waals surface area contributed by atoms with Crippen molar-refractivity contribution in [3.05, 3.63) is 23.6 Å². The number of aliphatic hydroxyl groups excluding tert-OH is 1. The number of hydrogen-bond acceptors (Lipinski definition) is 5. The third kappa shape index (κ3) is 3.71. The summed E-state index contributed by atoms with van der Waals surface area (Å²) in [5.41, 5.74) is 1.52. The Bertz CT molecular complexity index is 686. The maximum Gasteiger partial charge on any atom is 0.111 e. The van der Waals surface area contributed by atoms with Crippen molar-refractivity contribution >= 4 is 0 Å². The molecule has 5 rings (SSSR count). The minimum Gasteiger partial charge on any atom is -0.493 e. The molecule has 2 fully saturated rings. The lowest BCUT2D eigenvalue weighted by atomic mass is 9.60. The van der Waals surface area contributed by atoms with Crippen molar-refractivity contribution in [1.82, 2.24) is 9.96 Å². The smallest absolute Gasteiger partial charge is 0.111 e. The van der Waals surface area contributed by atoms with Gasteiger partial charge in [-0.15, -0.1) is 0 Å². The van der Waals surface area contributed by atoms with Crippen LogP contribution < -0.4 is 0 Å². The molecule has 5 heteroatoms. The Labute approximate surface area is 182 Å². The Hall–Kier alpha value is -1.04. The molecule has 1 spiro atoms. The highest BCUT2D eigenvalue weighted by Gasteiger charge is 2.56. The maximum absolute atomic E-state index is 10.5. The molecule has 0 aromatic carbocycles. The van der Waals surface area contributed by atoms with Gasteiger partial charge >= 0.3 is 0 Å². The number of likely N-dealkylation sites (tertiary alicyclic amines) is 1. The van der Waals surface area contributed by atoms with Gasteiger partial charge in [-0.25, -0.2) is 0 Å². The van der Waals surface area contributed by atoms with E-state index in [0.29, 0.717) is 18.4 Å². The van der Waals surface area contributed by atoms with Crippen molar-refractivity contribution in [1.29, 1.82) is 0 Å². The average molecular weight is 417 g/mol. The quantitative estimate of drug-likeness (QED) is 0.726. The highest BCUT2D eigenvalue weighted by molar-refractivity contribution is 5.38. The third-order valence-corrected chi connectivity index (χ3v) is 8.69. The topological polar surface area (TPSA) is 45.2 Å². The molecule has 1 saturated heterocycles. The number of aliphatic hydroxyl groups is 1. The summed E-state index contributed by atoms with van der Waals surface area (Å²) >= 11 is 0. The van der Waals surface area contributed by atoms with E-state index in [0.717, 1.165) is 31.1 Å². The first-order valence-corrected chi connectivity index (χ1v) is 12.4. The molecule has 30 heavy (non-hydrogen) atoms. The molecule has 168 valence electrons. The zero-order chi connectivity index (χ0) is 20.7. The Morgan fingerprint density at radius 1 is 1.27 bits per heavy atom. The summed E-state index contributed by atoms with van der Waals surface area (Å²) in [5, 5.41) is 12.4. The van der Waals surface area contributed by atoms with E-state index in [4.69, 9.17) is 9.57 Å². The molecule has 0 aromatic rings. The molecule has 3 aliphatic heterocycles. The van der Waals surface area contributed by atoms with E-state index in [1.54, 1.807) is 7.11 Å². The van der Waals surface area contributed by atoms with E-state index in [9.17, 15) is 5.11 Å². The summed E-state index contributed by atoms with van der Waals surface area (Å²) in [6, 6.07) is 0.710. The lowest BCUT2D eigenvalue weighted by molar-refractivity contribution is -0.0967. The molecule has 0 radical (unpaired) electrons. The van der Waals surface area contributed by atoms with Gasteiger partial charge in [0.25, 0.3) is 0 Å². The molecule has 5 aliphatic rings. The minimum absolute atomic E-state index is 0.0186. The van der Waals surface area contributed by atoms with E-state index in [-0.39, 0.29) is 17.6 Å². The van der Waals surface area contributed by atoms with E-state index in [2.05, 4.69) is 24.1 Å². The Morgan fingerprint density at radius 3 is 2.90 bits per heavy atom. The second-order valence-corrected chi connectivity index (χ2v) is 10.5. The standard InChI is InChI=1S/C25H40N2O3/c1-18(26-11-4-3-5-12-26)6-7-19-8-9-23-25(16-19)10-13-27(29-2)17-20-14-21(28)15-22(30-23)24(20)25/h10,13,18-21,23,28H,3-9,11-12,14-17H2,1-2H3/t18?,19?,20-,21-,23+,25?/m1/s1. The van der Waals surface area contributed by atoms with Crippen LogP contribution in [-0.2, 0) is 9.57 Å². The summed E-state index contributed by atoms with van der Waals surface area (Å²) in [6.07, 6.45) is 16.4. The lowest BCUT2D eigenvalue weighted by Gasteiger charge is -2.43. The molecule has 5 nitrogen and oxygen atoms in total. The van der Waals surface area contributed by atoms with Crippen molar-refractivity contribution in [3.63, 3.8) is 0 Å². The fraction of sp³-hybridized carbons (Fsp3) is 0.840. The maximum atomic E-state index is 10.5. The zero-order valence-corrected chi connectivity index (χ0v) is 18.9. The number of hydroxylamine groups is 2. The van der Waals surface area contributed by atoms with Crippen LogP contribution >= 0.6 is 0 Å². The number of piperidine rings is 1. The van der Waals surface area contributed by atoms with Gasteiger partial charge in [0.05, 0.1) is 30.9 Å². The van der Waals surface area contributed by atoms with Crippen LogP contribution in [0.1, 0.15) is 71.1 Å². The SMILES string of the molecule is CON1C=CC23CC(CCC(C)N4CCCCC4)CC[C@@H]2OC2=C3[C@H](C[C@@H](O)C2)C1. The van der Waals surface area contributed by atoms with Crippen LogP contribution in [0.25, 0.3) is 0 Å². The highest BCUT2D eigenvalue weighted by Crippen LogP contribution is 2.59. The molecular formula is C25H40N2O3. The van der Waals surface area contributed by atoms with Gasteiger partial charge in [0.15, 0.2) is 0 Å². The van der Waals surface area contributed by atoms with Gasteiger partial charge in [-0.05, 0) is 82.9 Å². The number of ether oxygens (including phenoxy) is 1. The van der Waals surface area contributed by atoms with Crippen molar-refractivity contribution in [2.24, 2.45) is 17.3 Å². The van der Waals surface area contributed by atoms with Crippen molar-refractivity contribution in [2.75, 3.05) is 26.7 Å². The zero-order valence-electron chi connectivity index (χ0n) is 18.9. The molecule has 0 aromatic heterocycles. The normalized spacial score (nSPS) is 39.9. The predicted molar refractivity (Wildman–Crippen MR) is 117 cm³/mol.